The molecule has 1 aromatic carbocycles. The highest BCUT2D eigenvalue weighted by molar-refractivity contribution is 6.17. The summed E-state index contributed by atoms with van der Waals surface area (Å²) in [5, 5.41) is 0. The first kappa shape index (κ1) is 14.9. The topological polar surface area (TPSA) is 26.5 Å². The molecule has 0 atom stereocenters. The minimum absolute atomic E-state index is 0.169. The summed E-state index contributed by atoms with van der Waals surface area (Å²) in [6.45, 7) is 6.10. The SMILES string of the molecule is Cc1ccn2c(CCl)c(-c3ccc(OC(C)C)cc3)nc2c1. The first-order valence-corrected chi connectivity index (χ1v) is 7.92. The van der Waals surface area contributed by atoms with Crippen LogP contribution in [-0.2, 0) is 5.88 Å². The monoisotopic (exact) mass is 314 g/mol. The molecule has 0 saturated heterocycles. The average molecular weight is 315 g/mol. The maximum atomic E-state index is 6.16. The van der Waals surface area contributed by atoms with E-state index in [0.29, 0.717) is 5.88 Å². The van der Waals surface area contributed by atoms with Crippen molar-refractivity contribution in [1.82, 2.24) is 9.38 Å². The number of benzene rings is 1. The summed E-state index contributed by atoms with van der Waals surface area (Å²) in [4.78, 5) is 4.74. The lowest BCUT2D eigenvalue weighted by Gasteiger charge is -2.09. The molecule has 3 nitrogen and oxygen atoms in total. The second-order valence-corrected chi connectivity index (χ2v) is 5.93. The quantitative estimate of drug-likeness (QED) is 0.644. The van der Waals surface area contributed by atoms with E-state index in [4.69, 9.17) is 21.3 Å². The van der Waals surface area contributed by atoms with Gasteiger partial charge in [-0.2, -0.15) is 0 Å². The fraction of sp³-hybridized carbons (Fsp3) is 0.278. The van der Waals surface area contributed by atoms with Gasteiger partial charge in [0, 0.05) is 11.8 Å². The maximum absolute atomic E-state index is 6.16. The summed E-state index contributed by atoms with van der Waals surface area (Å²) in [5.74, 6) is 1.29. The van der Waals surface area contributed by atoms with Crippen LogP contribution in [0.15, 0.2) is 42.6 Å². The second kappa shape index (κ2) is 6.01. The second-order valence-electron chi connectivity index (χ2n) is 5.66. The Morgan fingerprint density at radius 3 is 2.55 bits per heavy atom. The average Bonchev–Trinajstić information content (AvgIpc) is 2.84. The summed E-state index contributed by atoms with van der Waals surface area (Å²) >= 11 is 6.16. The minimum atomic E-state index is 0.169. The molecule has 0 bridgehead atoms. The van der Waals surface area contributed by atoms with Gasteiger partial charge in [0.15, 0.2) is 0 Å². The Morgan fingerprint density at radius 2 is 1.91 bits per heavy atom. The van der Waals surface area contributed by atoms with Crippen molar-refractivity contribution in [1.29, 1.82) is 0 Å². The maximum Gasteiger partial charge on any atom is 0.137 e. The van der Waals surface area contributed by atoms with Gasteiger partial charge < -0.3 is 9.14 Å². The summed E-state index contributed by atoms with van der Waals surface area (Å²) in [6, 6.07) is 12.1. The number of alkyl halides is 1. The number of hydrogen-bond donors (Lipinski definition) is 0. The predicted octanol–water partition coefficient (Wildman–Crippen LogP) is 4.84. The van der Waals surface area contributed by atoms with Gasteiger partial charge in [-0.15, -0.1) is 11.6 Å². The van der Waals surface area contributed by atoms with Crippen molar-refractivity contribution in [3.05, 3.63) is 53.9 Å². The molecular weight excluding hydrogens is 296 g/mol. The largest absolute Gasteiger partial charge is 0.491 e. The van der Waals surface area contributed by atoms with Crippen molar-refractivity contribution in [2.75, 3.05) is 0 Å². The molecule has 0 aliphatic rings. The van der Waals surface area contributed by atoms with Crippen molar-refractivity contribution in [2.45, 2.75) is 32.8 Å². The molecule has 0 N–H and O–H groups in total. The van der Waals surface area contributed by atoms with Gasteiger partial charge in [-0.1, -0.05) is 0 Å². The Bertz CT molecular complexity index is 791. The molecular formula is C18H19ClN2O. The number of pyridine rings is 1. The fourth-order valence-electron chi connectivity index (χ4n) is 2.52. The zero-order valence-electron chi connectivity index (χ0n) is 13.0. The van der Waals surface area contributed by atoms with Crippen molar-refractivity contribution in [3.8, 4) is 17.0 Å². The van der Waals surface area contributed by atoms with Gasteiger partial charge in [-0.05, 0) is 62.7 Å². The van der Waals surface area contributed by atoms with E-state index in [1.54, 1.807) is 0 Å². The molecule has 0 fully saturated rings. The van der Waals surface area contributed by atoms with Gasteiger partial charge in [0.1, 0.15) is 11.4 Å². The number of hydrogen-bond acceptors (Lipinski definition) is 2. The van der Waals surface area contributed by atoms with Crippen LogP contribution in [-0.4, -0.2) is 15.5 Å². The number of aryl methyl sites for hydroxylation is 1. The zero-order chi connectivity index (χ0) is 15.7. The van der Waals surface area contributed by atoms with Crippen LogP contribution in [0.3, 0.4) is 0 Å². The molecule has 4 heteroatoms. The van der Waals surface area contributed by atoms with Crippen LogP contribution in [0, 0.1) is 6.92 Å². The molecule has 0 aliphatic carbocycles. The van der Waals surface area contributed by atoms with Crippen LogP contribution < -0.4 is 4.74 Å². The molecule has 114 valence electrons. The number of nitrogens with zero attached hydrogens (tertiary/aromatic N) is 2. The summed E-state index contributed by atoms with van der Waals surface area (Å²) < 4.78 is 7.73. The van der Waals surface area contributed by atoms with E-state index >= 15 is 0 Å². The van der Waals surface area contributed by atoms with Gasteiger partial charge in [0.2, 0.25) is 0 Å². The third kappa shape index (κ3) is 2.81. The molecule has 0 aliphatic heterocycles. The summed E-state index contributed by atoms with van der Waals surface area (Å²) in [5.41, 5.74) is 5.10. The minimum Gasteiger partial charge on any atom is -0.491 e. The smallest absolute Gasteiger partial charge is 0.137 e. The number of fused-ring (bicyclic) bond motifs is 1. The van der Waals surface area contributed by atoms with E-state index in [1.807, 2.05) is 48.7 Å². The predicted molar refractivity (Wildman–Crippen MR) is 90.7 cm³/mol. The fourth-order valence-corrected chi connectivity index (χ4v) is 2.78. The number of halogens is 1. The molecule has 2 aromatic heterocycles. The van der Waals surface area contributed by atoms with Crippen LogP contribution in [0.1, 0.15) is 25.1 Å². The third-order valence-electron chi connectivity index (χ3n) is 3.51. The standard InChI is InChI=1S/C18H19ClN2O/c1-12(2)22-15-6-4-14(5-7-15)18-16(11-19)21-9-8-13(3)10-17(21)20-18/h4-10,12H,11H2,1-3H3. The Balaban J connectivity index is 2.05. The van der Waals surface area contributed by atoms with Crippen LogP contribution in [0.25, 0.3) is 16.9 Å². The van der Waals surface area contributed by atoms with Crippen LogP contribution in [0.5, 0.6) is 5.75 Å². The van der Waals surface area contributed by atoms with Crippen molar-refractivity contribution in [3.63, 3.8) is 0 Å². The number of ether oxygens (including phenoxy) is 1. The van der Waals surface area contributed by atoms with E-state index < -0.39 is 0 Å². The summed E-state index contributed by atoms with van der Waals surface area (Å²) in [6.07, 6.45) is 2.19. The molecule has 0 saturated carbocycles. The number of rotatable bonds is 4. The molecule has 0 unspecified atom stereocenters. The molecule has 22 heavy (non-hydrogen) atoms. The first-order valence-electron chi connectivity index (χ1n) is 7.39. The Morgan fingerprint density at radius 1 is 1.18 bits per heavy atom. The van der Waals surface area contributed by atoms with Crippen molar-refractivity contribution >= 4 is 17.2 Å². The third-order valence-corrected chi connectivity index (χ3v) is 3.76. The molecule has 3 rings (SSSR count). The van der Waals surface area contributed by atoms with E-state index in [-0.39, 0.29) is 6.10 Å². The Hall–Kier alpha value is -2.00. The molecule has 0 amide bonds. The van der Waals surface area contributed by atoms with E-state index in [2.05, 4.69) is 19.1 Å². The molecule has 0 spiro atoms. The van der Waals surface area contributed by atoms with Gasteiger partial charge in [0.25, 0.3) is 0 Å². The first-order chi connectivity index (χ1) is 10.6. The summed E-state index contributed by atoms with van der Waals surface area (Å²) in [7, 11) is 0. The van der Waals surface area contributed by atoms with Crippen molar-refractivity contribution in [2.24, 2.45) is 0 Å². The van der Waals surface area contributed by atoms with Crippen LogP contribution in [0.2, 0.25) is 0 Å². The van der Waals surface area contributed by atoms with Gasteiger partial charge in [-0.25, -0.2) is 4.98 Å². The lowest BCUT2D eigenvalue weighted by Crippen LogP contribution is -2.05. The highest BCUT2D eigenvalue weighted by atomic mass is 35.5. The molecule has 2 heterocycles. The van der Waals surface area contributed by atoms with Gasteiger partial charge in [-0.3, -0.25) is 0 Å². The zero-order valence-corrected chi connectivity index (χ0v) is 13.8. The van der Waals surface area contributed by atoms with Gasteiger partial charge in [0.05, 0.1) is 23.4 Å². The van der Waals surface area contributed by atoms with Gasteiger partial charge >= 0.3 is 0 Å². The van der Waals surface area contributed by atoms with E-state index in [9.17, 15) is 0 Å². The Kier molecular flexibility index (Phi) is 4.08. The Labute approximate surface area is 135 Å². The highest BCUT2D eigenvalue weighted by Gasteiger charge is 2.13. The van der Waals surface area contributed by atoms with Crippen molar-refractivity contribution < 1.29 is 4.74 Å². The molecule has 3 aromatic rings. The lowest BCUT2D eigenvalue weighted by atomic mass is 10.1. The number of aromatic nitrogens is 2. The van der Waals surface area contributed by atoms with E-state index in [0.717, 1.165) is 28.3 Å². The van der Waals surface area contributed by atoms with E-state index in [1.165, 1.54) is 5.56 Å². The number of imidazole rings is 1. The lowest BCUT2D eigenvalue weighted by molar-refractivity contribution is 0.242. The van der Waals surface area contributed by atoms with Crippen LogP contribution in [0.4, 0.5) is 0 Å². The molecule has 0 radical (unpaired) electrons. The van der Waals surface area contributed by atoms with Crippen LogP contribution >= 0.6 is 11.6 Å². The normalized spacial score (nSPS) is 11.3. The highest BCUT2D eigenvalue weighted by Crippen LogP contribution is 2.28.